The van der Waals surface area contributed by atoms with Crippen molar-refractivity contribution in [3.8, 4) is 0 Å². The Morgan fingerprint density at radius 3 is 2.45 bits per heavy atom. The van der Waals surface area contributed by atoms with E-state index in [1.165, 1.54) is 7.11 Å². The van der Waals surface area contributed by atoms with Gasteiger partial charge in [0.05, 0.1) is 7.11 Å². The molecular formula is C15H31NO3Si. The molecule has 20 heavy (non-hydrogen) atoms. The lowest BCUT2D eigenvalue weighted by Crippen LogP contribution is -2.48. The molecule has 1 rings (SSSR count). The third-order valence-electron chi connectivity index (χ3n) is 4.84. The van der Waals surface area contributed by atoms with Gasteiger partial charge in [0.1, 0.15) is 5.54 Å². The zero-order chi connectivity index (χ0) is 15.4. The summed E-state index contributed by atoms with van der Waals surface area (Å²) in [4.78, 5) is 12.0. The monoisotopic (exact) mass is 301 g/mol. The molecule has 0 aliphatic carbocycles. The Balaban J connectivity index is 2.45. The number of ether oxygens (including phenoxy) is 1. The molecule has 0 aromatic heterocycles. The average molecular weight is 302 g/mol. The highest BCUT2D eigenvalue weighted by Gasteiger charge is 2.42. The Kier molecular flexibility index (Phi) is 5.81. The van der Waals surface area contributed by atoms with Crippen LogP contribution in [0, 0.1) is 0 Å². The van der Waals surface area contributed by atoms with Gasteiger partial charge in [-0.15, -0.1) is 0 Å². The van der Waals surface area contributed by atoms with Gasteiger partial charge in [0, 0.05) is 6.61 Å². The Bertz CT molecular complexity index is 331. The highest BCUT2D eigenvalue weighted by Crippen LogP contribution is 2.36. The average Bonchev–Trinajstić information content (AvgIpc) is 2.82. The van der Waals surface area contributed by atoms with Gasteiger partial charge in [0.15, 0.2) is 8.32 Å². The topological polar surface area (TPSA) is 47.6 Å². The van der Waals surface area contributed by atoms with Crippen molar-refractivity contribution in [2.24, 2.45) is 0 Å². The number of hydrogen-bond acceptors (Lipinski definition) is 4. The largest absolute Gasteiger partial charge is 0.468 e. The lowest BCUT2D eigenvalue weighted by Gasteiger charge is -2.36. The standard InChI is InChI=1S/C15H31NO3Si/c1-14(2,3)20(5,6)19-12-8-10-15(13(17)18-4)9-7-11-16-15/h16H,7-12H2,1-6H3/t15-/m1/s1. The van der Waals surface area contributed by atoms with Gasteiger partial charge in [0.2, 0.25) is 0 Å². The van der Waals surface area contributed by atoms with E-state index in [2.05, 4.69) is 39.2 Å². The van der Waals surface area contributed by atoms with Gasteiger partial charge in [-0.05, 0) is 50.4 Å². The maximum absolute atomic E-state index is 12.0. The van der Waals surface area contributed by atoms with E-state index in [9.17, 15) is 4.79 Å². The van der Waals surface area contributed by atoms with E-state index in [1.54, 1.807) is 0 Å². The molecule has 1 aliphatic rings. The minimum Gasteiger partial charge on any atom is -0.468 e. The highest BCUT2D eigenvalue weighted by atomic mass is 28.4. The zero-order valence-electron chi connectivity index (χ0n) is 14.0. The first-order valence-electron chi connectivity index (χ1n) is 7.62. The molecule has 0 amide bonds. The van der Waals surface area contributed by atoms with E-state index in [0.717, 1.165) is 38.8 Å². The van der Waals surface area contributed by atoms with Crippen molar-refractivity contribution in [2.75, 3.05) is 20.3 Å². The summed E-state index contributed by atoms with van der Waals surface area (Å²) in [7, 11) is -0.210. The summed E-state index contributed by atoms with van der Waals surface area (Å²) in [6.07, 6.45) is 3.61. The van der Waals surface area contributed by atoms with Crippen molar-refractivity contribution >= 4 is 14.3 Å². The van der Waals surface area contributed by atoms with Crippen molar-refractivity contribution in [3.63, 3.8) is 0 Å². The molecule has 1 aliphatic heterocycles. The van der Waals surface area contributed by atoms with Gasteiger partial charge in [0.25, 0.3) is 0 Å². The molecule has 1 heterocycles. The second kappa shape index (κ2) is 6.58. The van der Waals surface area contributed by atoms with Crippen molar-refractivity contribution < 1.29 is 14.0 Å². The molecule has 0 unspecified atom stereocenters. The predicted molar refractivity (Wildman–Crippen MR) is 84.4 cm³/mol. The van der Waals surface area contributed by atoms with Crippen LogP contribution in [0.1, 0.15) is 46.5 Å². The number of carbonyl (C=O) groups excluding carboxylic acids is 1. The summed E-state index contributed by atoms with van der Waals surface area (Å²) in [5.74, 6) is -0.123. The van der Waals surface area contributed by atoms with Crippen LogP contribution in [-0.4, -0.2) is 40.1 Å². The second-order valence-electron chi connectivity index (χ2n) is 7.32. The molecule has 1 N–H and O–H groups in total. The first kappa shape index (κ1) is 17.7. The third kappa shape index (κ3) is 4.05. The number of carbonyl (C=O) groups is 1. The molecule has 0 saturated carbocycles. The quantitative estimate of drug-likeness (QED) is 0.465. The van der Waals surface area contributed by atoms with Crippen molar-refractivity contribution in [1.29, 1.82) is 0 Å². The Hall–Kier alpha value is -0.393. The zero-order valence-corrected chi connectivity index (χ0v) is 15.0. The molecule has 118 valence electrons. The highest BCUT2D eigenvalue weighted by molar-refractivity contribution is 6.74. The number of methoxy groups -OCH3 is 1. The van der Waals surface area contributed by atoms with Crippen LogP contribution in [-0.2, 0) is 14.0 Å². The van der Waals surface area contributed by atoms with Crippen molar-refractivity contribution in [1.82, 2.24) is 5.32 Å². The summed E-state index contributed by atoms with van der Waals surface area (Å²) in [6, 6.07) is 0. The minimum absolute atomic E-state index is 0.123. The third-order valence-corrected chi connectivity index (χ3v) is 9.38. The number of esters is 1. The van der Waals surface area contributed by atoms with Gasteiger partial charge < -0.3 is 14.5 Å². The smallest absolute Gasteiger partial charge is 0.326 e. The molecule has 5 heteroatoms. The van der Waals surface area contributed by atoms with Gasteiger partial charge in [-0.3, -0.25) is 4.79 Å². The predicted octanol–water partition coefficient (Wildman–Crippen LogP) is 3.08. The van der Waals surface area contributed by atoms with Crippen LogP contribution in [0.2, 0.25) is 18.1 Å². The lowest BCUT2D eigenvalue weighted by atomic mass is 9.92. The normalized spacial score (nSPS) is 23.9. The molecule has 1 fully saturated rings. The molecule has 0 radical (unpaired) electrons. The fraction of sp³-hybridized carbons (Fsp3) is 0.933. The Morgan fingerprint density at radius 2 is 2.00 bits per heavy atom. The molecule has 0 aromatic rings. The SMILES string of the molecule is COC(=O)[C@]1(CCCO[Si](C)(C)C(C)(C)C)CCCN1. The molecule has 0 spiro atoms. The molecule has 0 aromatic carbocycles. The van der Waals surface area contributed by atoms with Crippen molar-refractivity contribution in [2.45, 2.75) is 70.1 Å². The molecule has 1 saturated heterocycles. The number of nitrogens with one attached hydrogen (secondary N) is 1. The summed E-state index contributed by atoms with van der Waals surface area (Å²) in [5, 5.41) is 3.56. The van der Waals surface area contributed by atoms with Crippen LogP contribution >= 0.6 is 0 Å². The van der Waals surface area contributed by atoms with Crippen LogP contribution < -0.4 is 5.32 Å². The Morgan fingerprint density at radius 1 is 1.35 bits per heavy atom. The van der Waals surface area contributed by atoms with Crippen LogP contribution in [0.25, 0.3) is 0 Å². The molecule has 4 nitrogen and oxygen atoms in total. The maximum atomic E-state index is 12.0. The fourth-order valence-electron chi connectivity index (χ4n) is 2.41. The minimum atomic E-state index is -1.68. The second-order valence-corrected chi connectivity index (χ2v) is 12.1. The summed E-state index contributed by atoms with van der Waals surface area (Å²) in [5.41, 5.74) is -0.467. The van der Waals surface area contributed by atoms with E-state index < -0.39 is 13.9 Å². The van der Waals surface area contributed by atoms with Gasteiger partial charge >= 0.3 is 5.97 Å². The Labute approximate surface area is 124 Å². The van der Waals surface area contributed by atoms with Gasteiger partial charge in [-0.2, -0.15) is 0 Å². The summed E-state index contributed by atoms with van der Waals surface area (Å²) >= 11 is 0. The van der Waals surface area contributed by atoms with Crippen LogP contribution in [0.4, 0.5) is 0 Å². The summed E-state index contributed by atoms with van der Waals surface area (Å²) in [6.45, 7) is 12.9. The maximum Gasteiger partial charge on any atom is 0.326 e. The van der Waals surface area contributed by atoms with E-state index in [1.807, 2.05) is 0 Å². The number of hydrogen-bond donors (Lipinski definition) is 1. The first-order chi connectivity index (χ1) is 9.15. The first-order valence-corrected chi connectivity index (χ1v) is 10.5. The fourth-order valence-corrected chi connectivity index (χ4v) is 3.50. The van der Waals surface area contributed by atoms with Gasteiger partial charge in [-0.25, -0.2) is 0 Å². The van der Waals surface area contributed by atoms with Crippen LogP contribution in [0.5, 0.6) is 0 Å². The summed E-state index contributed by atoms with van der Waals surface area (Å²) < 4.78 is 11.1. The van der Waals surface area contributed by atoms with E-state index >= 15 is 0 Å². The van der Waals surface area contributed by atoms with Crippen LogP contribution in [0.3, 0.4) is 0 Å². The molecule has 0 bridgehead atoms. The molecular weight excluding hydrogens is 270 g/mol. The van der Waals surface area contributed by atoms with E-state index in [4.69, 9.17) is 9.16 Å². The molecule has 1 atom stereocenters. The number of rotatable bonds is 6. The lowest BCUT2D eigenvalue weighted by molar-refractivity contribution is -0.148. The van der Waals surface area contributed by atoms with Crippen molar-refractivity contribution in [3.05, 3.63) is 0 Å². The van der Waals surface area contributed by atoms with Gasteiger partial charge in [-0.1, -0.05) is 20.8 Å². The van der Waals surface area contributed by atoms with E-state index in [0.29, 0.717) is 0 Å². The van der Waals surface area contributed by atoms with E-state index in [-0.39, 0.29) is 11.0 Å². The van der Waals surface area contributed by atoms with Crippen LogP contribution in [0.15, 0.2) is 0 Å².